The van der Waals surface area contributed by atoms with Crippen molar-refractivity contribution in [3.05, 3.63) is 53.8 Å². The van der Waals surface area contributed by atoms with Gasteiger partial charge in [-0.2, -0.15) is 0 Å². The Labute approximate surface area is 104 Å². The van der Waals surface area contributed by atoms with E-state index < -0.39 is 0 Å². The zero-order chi connectivity index (χ0) is 12.5. The van der Waals surface area contributed by atoms with Crippen molar-refractivity contribution in [3.63, 3.8) is 0 Å². The van der Waals surface area contributed by atoms with Crippen LogP contribution < -0.4 is 11.3 Å². The van der Waals surface area contributed by atoms with Crippen LogP contribution in [-0.4, -0.2) is 9.97 Å². The number of rotatable bonds is 3. The second-order valence-electron chi connectivity index (χ2n) is 4.26. The van der Waals surface area contributed by atoms with Crippen LogP contribution in [0.5, 0.6) is 0 Å². The first kappa shape index (κ1) is 11.0. The first-order chi connectivity index (χ1) is 8.78. The monoisotopic (exact) mass is 242 g/mol. The van der Waals surface area contributed by atoms with Gasteiger partial charge in [-0.15, -0.1) is 0 Å². The lowest BCUT2D eigenvalue weighted by Gasteiger charge is -2.09. The fraction of sp³-hybridized carbons (Fsp3) is 0.154. The number of imidazole rings is 1. The summed E-state index contributed by atoms with van der Waals surface area (Å²) in [5.41, 5.74) is 4.76. The lowest BCUT2D eigenvalue weighted by Crippen LogP contribution is -2.29. The third-order valence-electron chi connectivity index (χ3n) is 2.93. The van der Waals surface area contributed by atoms with Gasteiger partial charge in [-0.3, -0.25) is 5.84 Å². The molecule has 2 aromatic heterocycles. The van der Waals surface area contributed by atoms with E-state index in [0.717, 1.165) is 22.6 Å². The second kappa shape index (κ2) is 4.29. The molecule has 0 aliphatic heterocycles. The van der Waals surface area contributed by atoms with Gasteiger partial charge in [0.15, 0.2) is 0 Å². The molecular formula is C13H14N4O. The van der Waals surface area contributed by atoms with Gasteiger partial charge in [-0.05, 0) is 25.1 Å². The minimum absolute atomic E-state index is 0.271. The Balaban J connectivity index is 2.07. The van der Waals surface area contributed by atoms with E-state index >= 15 is 0 Å². The van der Waals surface area contributed by atoms with E-state index in [1.807, 2.05) is 18.2 Å². The summed E-state index contributed by atoms with van der Waals surface area (Å²) in [6, 6.07) is 7.78. The van der Waals surface area contributed by atoms with Gasteiger partial charge in [0.25, 0.3) is 0 Å². The SMILES string of the molecule is Cc1ccc2oc(C(NN)c3ncc[nH]3)cc2c1. The van der Waals surface area contributed by atoms with Crippen LogP contribution in [-0.2, 0) is 0 Å². The number of furan rings is 1. The number of aromatic nitrogens is 2. The molecule has 4 N–H and O–H groups in total. The summed E-state index contributed by atoms with van der Waals surface area (Å²) in [6.07, 6.45) is 3.44. The topological polar surface area (TPSA) is 79.9 Å². The summed E-state index contributed by atoms with van der Waals surface area (Å²) >= 11 is 0. The van der Waals surface area contributed by atoms with Crippen molar-refractivity contribution in [2.75, 3.05) is 0 Å². The van der Waals surface area contributed by atoms with Crippen molar-refractivity contribution >= 4 is 11.0 Å². The summed E-state index contributed by atoms with van der Waals surface area (Å²) in [6.45, 7) is 2.05. The quantitative estimate of drug-likeness (QED) is 0.485. The fourth-order valence-corrected chi connectivity index (χ4v) is 2.06. The molecular weight excluding hydrogens is 228 g/mol. The molecule has 3 aromatic rings. The molecule has 5 heteroatoms. The minimum Gasteiger partial charge on any atom is -0.459 e. The number of hydrazine groups is 1. The molecule has 0 aliphatic rings. The summed E-state index contributed by atoms with van der Waals surface area (Å²) in [5.74, 6) is 7.05. The van der Waals surface area contributed by atoms with Crippen molar-refractivity contribution in [3.8, 4) is 0 Å². The molecule has 2 heterocycles. The highest BCUT2D eigenvalue weighted by atomic mass is 16.3. The Hall–Kier alpha value is -2.11. The van der Waals surface area contributed by atoms with Gasteiger partial charge in [-0.1, -0.05) is 11.6 Å². The van der Waals surface area contributed by atoms with Crippen molar-refractivity contribution < 1.29 is 4.42 Å². The van der Waals surface area contributed by atoms with Crippen molar-refractivity contribution in [2.45, 2.75) is 13.0 Å². The van der Waals surface area contributed by atoms with E-state index in [0.29, 0.717) is 0 Å². The molecule has 3 rings (SSSR count). The lowest BCUT2D eigenvalue weighted by atomic mass is 10.1. The Kier molecular flexibility index (Phi) is 2.62. The zero-order valence-corrected chi connectivity index (χ0v) is 9.97. The highest BCUT2D eigenvalue weighted by molar-refractivity contribution is 5.78. The van der Waals surface area contributed by atoms with Gasteiger partial charge < -0.3 is 9.40 Å². The largest absolute Gasteiger partial charge is 0.459 e. The normalized spacial score (nSPS) is 13.0. The molecule has 0 radical (unpaired) electrons. The van der Waals surface area contributed by atoms with Crippen LogP contribution in [0.4, 0.5) is 0 Å². The van der Waals surface area contributed by atoms with Gasteiger partial charge in [0.1, 0.15) is 23.2 Å². The van der Waals surface area contributed by atoms with E-state index in [1.54, 1.807) is 12.4 Å². The molecule has 0 spiro atoms. The number of hydrogen-bond donors (Lipinski definition) is 3. The van der Waals surface area contributed by atoms with E-state index in [1.165, 1.54) is 5.56 Å². The Morgan fingerprint density at radius 3 is 3.00 bits per heavy atom. The molecule has 92 valence electrons. The smallest absolute Gasteiger partial charge is 0.137 e. The molecule has 1 unspecified atom stereocenters. The Bertz CT molecular complexity index is 657. The van der Waals surface area contributed by atoms with Gasteiger partial charge in [0.2, 0.25) is 0 Å². The van der Waals surface area contributed by atoms with Gasteiger partial charge in [-0.25, -0.2) is 10.4 Å². The van der Waals surface area contributed by atoms with Crippen LogP contribution in [0, 0.1) is 6.92 Å². The number of benzene rings is 1. The Morgan fingerprint density at radius 1 is 1.39 bits per heavy atom. The zero-order valence-electron chi connectivity index (χ0n) is 9.97. The van der Waals surface area contributed by atoms with E-state index in [-0.39, 0.29) is 6.04 Å². The van der Waals surface area contributed by atoms with Crippen LogP contribution in [0.1, 0.15) is 23.2 Å². The summed E-state index contributed by atoms with van der Waals surface area (Å²) in [5, 5.41) is 1.07. The molecule has 1 atom stereocenters. The van der Waals surface area contributed by atoms with Gasteiger partial charge >= 0.3 is 0 Å². The molecule has 18 heavy (non-hydrogen) atoms. The molecule has 0 amide bonds. The third kappa shape index (κ3) is 1.79. The summed E-state index contributed by atoms with van der Waals surface area (Å²) in [4.78, 5) is 7.22. The standard InChI is InChI=1S/C13H14N4O/c1-8-2-3-10-9(6-8)7-11(18-10)12(17-14)13-15-4-5-16-13/h2-7,12,17H,14H2,1H3,(H,15,16). The fourth-order valence-electron chi connectivity index (χ4n) is 2.06. The highest BCUT2D eigenvalue weighted by Gasteiger charge is 2.19. The minimum atomic E-state index is -0.271. The van der Waals surface area contributed by atoms with Crippen LogP contribution in [0.25, 0.3) is 11.0 Å². The van der Waals surface area contributed by atoms with Crippen LogP contribution in [0.3, 0.4) is 0 Å². The van der Waals surface area contributed by atoms with Gasteiger partial charge in [0, 0.05) is 17.8 Å². The van der Waals surface area contributed by atoms with Crippen LogP contribution in [0.2, 0.25) is 0 Å². The number of hydrogen-bond acceptors (Lipinski definition) is 4. The predicted molar refractivity (Wildman–Crippen MR) is 68.7 cm³/mol. The molecule has 0 fully saturated rings. The maximum atomic E-state index is 5.80. The van der Waals surface area contributed by atoms with Gasteiger partial charge in [0.05, 0.1) is 0 Å². The number of nitrogens with zero attached hydrogens (tertiary/aromatic N) is 1. The molecule has 1 aromatic carbocycles. The number of aromatic amines is 1. The maximum absolute atomic E-state index is 5.80. The van der Waals surface area contributed by atoms with Crippen molar-refractivity contribution in [1.29, 1.82) is 0 Å². The molecule has 5 nitrogen and oxygen atoms in total. The number of nitrogens with two attached hydrogens (primary N) is 1. The summed E-state index contributed by atoms with van der Waals surface area (Å²) in [7, 11) is 0. The van der Waals surface area contributed by atoms with E-state index in [4.69, 9.17) is 10.3 Å². The van der Waals surface area contributed by atoms with E-state index in [9.17, 15) is 0 Å². The van der Waals surface area contributed by atoms with E-state index in [2.05, 4.69) is 28.4 Å². The molecule has 0 saturated heterocycles. The molecule has 0 aliphatic carbocycles. The number of nitrogens with one attached hydrogen (secondary N) is 2. The average Bonchev–Trinajstić information content (AvgIpc) is 2.98. The lowest BCUT2D eigenvalue weighted by molar-refractivity contribution is 0.466. The number of fused-ring (bicyclic) bond motifs is 1. The highest BCUT2D eigenvalue weighted by Crippen LogP contribution is 2.26. The van der Waals surface area contributed by atoms with Crippen LogP contribution >= 0.6 is 0 Å². The van der Waals surface area contributed by atoms with Crippen molar-refractivity contribution in [1.82, 2.24) is 15.4 Å². The number of H-pyrrole nitrogens is 1. The molecule has 0 bridgehead atoms. The first-order valence-corrected chi connectivity index (χ1v) is 5.73. The van der Waals surface area contributed by atoms with Crippen molar-refractivity contribution in [2.24, 2.45) is 5.84 Å². The summed E-state index contributed by atoms with van der Waals surface area (Å²) < 4.78 is 5.80. The maximum Gasteiger partial charge on any atom is 0.137 e. The first-order valence-electron chi connectivity index (χ1n) is 5.73. The number of aryl methyl sites for hydroxylation is 1. The third-order valence-corrected chi connectivity index (χ3v) is 2.93. The molecule has 0 saturated carbocycles. The average molecular weight is 242 g/mol. The Morgan fingerprint density at radius 2 is 2.28 bits per heavy atom. The second-order valence-corrected chi connectivity index (χ2v) is 4.26. The van der Waals surface area contributed by atoms with Crippen LogP contribution in [0.15, 0.2) is 41.1 Å². The predicted octanol–water partition coefficient (Wildman–Crippen LogP) is 2.02.